The van der Waals surface area contributed by atoms with Gasteiger partial charge >= 0.3 is 0 Å². The van der Waals surface area contributed by atoms with Crippen LogP contribution in [0.25, 0.3) is 0 Å². The topological polar surface area (TPSA) is 55.1 Å². The fourth-order valence-electron chi connectivity index (χ4n) is 1.65. The third-order valence-electron chi connectivity index (χ3n) is 2.68. The van der Waals surface area contributed by atoms with E-state index in [2.05, 4.69) is 5.32 Å². The van der Waals surface area contributed by atoms with Gasteiger partial charge in [0.2, 0.25) is 0 Å². The third kappa shape index (κ3) is 2.85. The van der Waals surface area contributed by atoms with Crippen molar-refractivity contribution < 1.29 is 9.18 Å². The standard InChI is InChI=1S/C14H12ClFN2O/c1-8-3-2-4-10(13(8)15)14(19)18-12-6-5-9(17)7-11(12)16/h2-7H,17H2,1H3,(H,18,19). The third-order valence-corrected chi connectivity index (χ3v) is 3.18. The summed E-state index contributed by atoms with van der Waals surface area (Å²) in [6, 6.07) is 9.16. The minimum absolute atomic E-state index is 0.0665. The Morgan fingerprint density at radius 2 is 2.05 bits per heavy atom. The molecule has 0 aliphatic carbocycles. The molecule has 0 unspecified atom stereocenters. The van der Waals surface area contributed by atoms with Crippen LogP contribution in [0, 0.1) is 12.7 Å². The van der Waals surface area contributed by atoms with Crippen molar-refractivity contribution in [2.45, 2.75) is 6.92 Å². The zero-order valence-corrected chi connectivity index (χ0v) is 11.0. The molecular formula is C14H12ClFN2O. The number of aryl methyl sites for hydroxylation is 1. The Bertz CT molecular complexity index is 643. The molecule has 2 aromatic carbocycles. The average molecular weight is 279 g/mol. The van der Waals surface area contributed by atoms with Gasteiger partial charge in [-0.05, 0) is 36.8 Å². The fraction of sp³-hybridized carbons (Fsp3) is 0.0714. The number of benzene rings is 2. The first-order valence-electron chi connectivity index (χ1n) is 5.60. The van der Waals surface area contributed by atoms with Gasteiger partial charge in [-0.2, -0.15) is 0 Å². The molecule has 0 saturated heterocycles. The molecular weight excluding hydrogens is 267 g/mol. The smallest absolute Gasteiger partial charge is 0.257 e. The van der Waals surface area contributed by atoms with Crippen LogP contribution in [0.15, 0.2) is 36.4 Å². The molecule has 2 rings (SSSR count). The Balaban J connectivity index is 2.28. The number of carbonyl (C=O) groups is 1. The number of amides is 1. The molecule has 0 atom stereocenters. The molecule has 0 aromatic heterocycles. The summed E-state index contributed by atoms with van der Waals surface area (Å²) < 4.78 is 13.6. The number of nitrogen functional groups attached to an aromatic ring is 1. The highest BCUT2D eigenvalue weighted by Crippen LogP contribution is 2.23. The van der Waals surface area contributed by atoms with Crippen LogP contribution in [-0.2, 0) is 0 Å². The van der Waals surface area contributed by atoms with Gasteiger partial charge in [0.1, 0.15) is 5.82 Å². The number of hydrogen-bond donors (Lipinski definition) is 2. The lowest BCUT2D eigenvalue weighted by Gasteiger charge is -2.09. The summed E-state index contributed by atoms with van der Waals surface area (Å²) in [6.45, 7) is 1.79. The van der Waals surface area contributed by atoms with Crippen molar-refractivity contribution in [1.29, 1.82) is 0 Å². The molecule has 5 heteroatoms. The van der Waals surface area contributed by atoms with Gasteiger partial charge in [-0.25, -0.2) is 4.39 Å². The van der Waals surface area contributed by atoms with Gasteiger partial charge in [-0.1, -0.05) is 23.7 Å². The van der Waals surface area contributed by atoms with Crippen LogP contribution in [0.4, 0.5) is 15.8 Å². The summed E-state index contributed by atoms with van der Waals surface area (Å²) in [5, 5.41) is 2.83. The molecule has 3 N–H and O–H groups in total. The molecule has 0 bridgehead atoms. The average Bonchev–Trinajstić information content (AvgIpc) is 2.36. The Labute approximate surface area is 115 Å². The molecule has 0 saturated carbocycles. The fourth-order valence-corrected chi connectivity index (χ4v) is 1.86. The molecule has 0 fully saturated rings. The zero-order chi connectivity index (χ0) is 14.0. The first kappa shape index (κ1) is 13.4. The molecule has 2 aromatic rings. The number of nitrogens with two attached hydrogens (primary N) is 1. The summed E-state index contributed by atoms with van der Waals surface area (Å²) in [5.74, 6) is -1.05. The van der Waals surface area contributed by atoms with Crippen molar-refractivity contribution in [3.05, 3.63) is 58.4 Å². The molecule has 0 aliphatic rings. The van der Waals surface area contributed by atoms with E-state index in [9.17, 15) is 9.18 Å². The molecule has 3 nitrogen and oxygen atoms in total. The number of nitrogens with one attached hydrogen (secondary N) is 1. The lowest BCUT2D eigenvalue weighted by atomic mass is 10.1. The van der Waals surface area contributed by atoms with E-state index >= 15 is 0 Å². The van der Waals surface area contributed by atoms with Crippen LogP contribution in [0.2, 0.25) is 5.02 Å². The van der Waals surface area contributed by atoms with Gasteiger partial charge in [0.15, 0.2) is 0 Å². The van der Waals surface area contributed by atoms with Crippen molar-refractivity contribution in [3.8, 4) is 0 Å². The van der Waals surface area contributed by atoms with Crippen LogP contribution >= 0.6 is 11.6 Å². The van der Waals surface area contributed by atoms with Crippen molar-refractivity contribution in [3.63, 3.8) is 0 Å². The second-order valence-electron chi connectivity index (χ2n) is 4.13. The van der Waals surface area contributed by atoms with Crippen molar-refractivity contribution in [2.75, 3.05) is 11.1 Å². The quantitative estimate of drug-likeness (QED) is 0.824. The summed E-state index contributed by atoms with van der Waals surface area (Å²) in [4.78, 5) is 12.0. The van der Waals surface area contributed by atoms with Crippen LogP contribution in [-0.4, -0.2) is 5.91 Å². The molecule has 0 aliphatic heterocycles. The zero-order valence-electron chi connectivity index (χ0n) is 10.2. The molecule has 0 spiro atoms. The van der Waals surface area contributed by atoms with Gasteiger partial charge in [-0.3, -0.25) is 4.79 Å². The Kier molecular flexibility index (Phi) is 3.71. The summed E-state index contributed by atoms with van der Waals surface area (Å²) in [6.07, 6.45) is 0. The van der Waals surface area contributed by atoms with E-state index in [1.54, 1.807) is 25.1 Å². The van der Waals surface area contributed by atoms with Crippen molar-refractivity contribution in [2.24, 2.45) is 0 Å². The first-order chi connectivity index (χ1) is 8.99. The number of anilines is 2. The van der Waals surface area contributed by atoms with Crippen LogP contribution < -0.4 is 11.1 Å². The number of carbonyl (C=O) groups excluding carboxylic acids is 1. The normalized spacial score (nSPS) is 10.3. The van der Waals surface area contributed by atoms with Gasteiger partial charge in [-0.15, -0.1) is 0 Å². The maximum atomic E-state index is 13.6. The summed E-state index contributed by atoms with van der Waals surface area (Å²) in [7, 11) is 0. The number of halogens is 2. The van der Waals surface area contributed by atoms with E-state index in [0.29, 0.717) is 16.3 Å². The minimum Gasteiger partial charge on any atom is -0.399 e. The van der Waals surface area contributed by atoms with Crippen LogP contribution in [0.1, 0.15) is 15.9 Å². The van der Waals surface area contributed by atoms with E-state index in [1.165, 1.54) is 12.1 Å². The van der Waals surface area contributed by atoms with Crippen LogP contribution in [0.3, 0.4) is 0 Å². The summed E-state index contributed by atoms with van der Waals surface area (Å²) in [5.41, 5.74) is 6.89. The van der Waals surface area contributed by atoms with E-state index < -0.39 is 11.7 Å². The molecule has 0 heterocycles. The Hall–Kier alpha value is -2.07. The number of rotatable bonds is 2. The lowest BCUT2D eigenvalue weighted by molar-refractivity contribution is 0.102. The molecule has 0 radical (unpaired) electrons. The van der Waals surface area contributed by atoms with E-state index in [0.717, 1.165) is 11.6 Å². The molecule has 19 heavy (non-hydrogen) atoms. The SMILES string of the molecule is Cc1cccc(C(=O)Nc2ccc(N)cc2F)c1Cl. The largest absolute Gasteiger partial charge is 0.399 e. The monoisotopic (exact) mass is 278 g/mol. The maximum Gasteiger partial charge on any atom is 0.257 e. The Morgan fingerprint density at radius 3 is 2.74 bits per heavy atom. The van der Waals surface area contributed by atoms with Crippen molar-refractivity contribution >= 4 is 28.9 Å². The van der Waals surface area contributed by atoms with Gasteiger partial charge in [0.05, 0.1) is 16.3 Å². The van der Waals surface area contributed by atoms with E-state index in [1.807, 2.05) is 0 Å². The van der Waals surface area contributed by atoms with Gasteiger partial charge in [0, 0.05) is 5.69 Å². The minimum atomic E-state index is -0.586. The molecule has 1 amide bonds. The second kappa shape index (κ2) is 5.28. The summed E-state index contributed by atoms with van der Waals surface area (Å²) >= 11 is 6.04. The van der Waals surface area contributed by atoms with Crippen molar-refractivity contribution in [1.82, 2.24) is 0 Å². The highest BCUT2D eigenvalue weighted by Gasteiger charge is 2.13. The van der Waals surface area contributed by atoms with Gasteiger partial charge in [0.25, 0.3) is 5.91 Å². The predicted octanol–water partition coefficient (Wildman–Crippen LogP) is 3.62. The number of hydrogen-bond acceptors (Lipinski definition) is 2. The van der Waals surface area contributed by atoms with Gasteiger partial charge < -0.3 is 11.1 Å². The Morgan fingerprint density at radius 1 is 1.32 bits per heavy atom. The first-order valence-corrected chi connectivity index (χ1v) is 5.98. The highest BCUT2D eigenvalue weighted by molar-refractivity contribution is 6.35. The van der Waals surface area contributed by atoms with Crippen LogP contribution in [0.5, 0.6) is 0 Å². The second-order valence-corrected chi connectivity index (χ2v) is 4.51. The molecule has 98 valence electrons. The van der Waals surface area contributed by atoms with E-state index in [-0.39, 0.29) is 5.69 Å². The van der Waals surface area contributed by atoms with E-state index in [4.69, 9.17) is 17.3 Å². The maximum absolute atomic E-state index is 13.6. The highest BCUT2D eigenvalue weighted by atomic mass is 35.5. The predicted molar refractivity (Wildman–Crippen MR) is 75.0 cm³/mol. The lowest BCUT2D eigenvalue weighted by Crippen LogP contribution is -2.14.